The Morgan fingerprint density at radius 2 is 2.04 bits per heavy atom. The molecule has 1 amide bonds. The largest absolute Gasteiger partial charge is 0.419 e. The van der Waals surface area contributed by atoms with Crippen LogP contribution in [0.2, 0.25) is 5.02 Å². The maximum absolute atomic E-state index is 12.0. The minimum absolute atomic E-state index is 0.0749. The summed E-state index contributed by atoms with van der Waals surface area (Å²) in [7, 11) is 0. The Hall–Kier alpha value is -2.67. The van der Waals surface area contributed by atoms with Crippen LogP contribution in [0.1, 0.15) is 30.5 Å². The molecule has 2 aromatic heterocycles. The van der Waals surface area contributed by atoms with E-state index in [1.807, 2.05) is 36.7 Å². The number of hydrogen-bond donors (Lipinski definition) is 1. The zero-order valence-corrected chi connectivity index (χ0v) is 15.5. The summed E-state index contributed by atoms with van der Waals surface area (Å²) in [6.07, 6.45) is 0.667. The first-order valence-electron chi connectivity index (χ1n) is 8.43. The summed E-state index contributed by atoms with van der Waals surface area (Å²) in [4.78, 5) is 12.0. The summed E-state index contributed by atoms with van der Waals surface area (Å²) in [5, 5.41) is 16.0. The van der Waals surface area contributed by atoms with E-state index in [0.29, 0.717) is 36.3 Å². The van der Waals surface area contributed by atoms with E-state index < -0.39 is 0 Å². The van der Waals surface area contributed by atoms with Gasteiger partial charge in [-0.25, -0.2) is 0 Å². The molecule has 0 unspecified atom stereocenters. The van der Waals surface area contributed by atoms with Gasteiger partial charge in [-0.05, 0) is 37.6 Å². The fourth-order valence-corrected chi connectivity index (χ4v) is 2.65. The Labute approximate surface area is 156 Å². The van der Waals surface area contributed by atoms with E-state index in [1.54, 1.807) is 12.1 Å². The summed E-state index contributed by atoms with van der Waals surface area (Å²) in [5.74, 6) is 0.779. The molecule has 0 aliphatic heterocycles. The minimum atomic E-state index is -0.0749. The van der Waals surface area contributed by atoms with Crippen molar-refractivity contribution in [2.24, 2.45) is 0 Å². The molecule has 1 N–H and O–H groups in total. The highest BCUT2D eigenvalue weighted by Gasteiger charge is 2.15. The number of aromatic nitrogens is 4. The van der Waals surface area contributed by atoms with E-state index in [4.69, 9.17) is 16.0 Å². The van der Waals surface area contributed by atoms with Crippen LogP contribution in [0.3, 0.4) is 0 Å². The van der Waals surface area contributed by atoms with Crippen LogP contribution in [0.5, 0.6) is 0 Å². The number of benzene rings is 1. The summed E-state index contributed by atoms with van der Waals surface area (Å²) < 4.78 is 7.49. The number of amides is 1. The minimum Gasteiger partial charge on any atom is -0.419 e. The topological polar surface area (TPSA) is 85.8 Å². The third-order valence-corrected chi connectivity index (χ3v) is 4.11. The van der Waals surface area contributed by atoms with Crippen LogP contribution < -0.4 is 5.32 Å². The molecule has 0 fully saturated rings. The van der Waals surface area contributed by atoms with E-state index >= 15 is 0 Å². The predicted octanol–water partition coefficient (Wildman–Crippen LogP) is 3.16. The van der Waals surface area contributed by atoms with Crippen molar-refractivity contribution in [2.45, 2.75) is 39.8 Å². The Morgan fingerprint density at radius 3 is 2.77 bits per heavy atom. The van der Waals surface area contributed by atoms with Gasteiger partial charge in [-0.1, -0.05) is 23.7 Å². The van der Waals surface area contributed by atoms with Gasteiger partial charge in [-0.15, -0.1) is 10.2 Å². The summed E-state index contributed by atoms with van der Waals surface area (Å²) >= 11 is 5.84. The molecular formula is C18H20ClN5O2. The van der Waals surface area contributed by atoms with Gasteiger partial charge in [0.05, 0.1) is 5.69 Å². The molecule has 26 heavy (non-hydrogen) atoms. The Morgan fingerprint density at radius 1 is 1.27 bits per heavy atom. The number of nitrogens with one attached hydrogen (secondary N) is 1. The van der Waals surface area contributed by atoms with Crippen LogP contribution in [0, 0.1) is 6.92 Å². The lowest BCUT2D eigenvalue weighted by molar-refractivity contribution is -0.121. The van der Waals surface area contributed by atoms with Crippen molar-refractivity contribution in [1.82, 2.24) is 25.3 Å². The zero-order chi connectivity index (χ0) is 18.5. The van der Waals surface area contributed by atoms with Gasteiger partial charge >= 0.3 is 0 Å². The third kappa shape index (κ3) is 4.49. The van der Waals surface area contributed by atoms with Crippen molar-refractivity contribution in [3.63, 3.8) is 0 Å². The standard InChI is InChI=1S/C18H20ClN5O2/c1-3-24-15(10-12(2)23-24)18-22-21-17(26-18)9-8-16(25)20-11-13-4-6-14(19)7-5-13/h4-7,10H,3,8-9,11H2,1-2H3,(H,20,25). The lowest BCUT2D eigenvalue weighted by atomic mass is 10.2. The van der Waals surface area contributed by atoms with Crippen molar-refractivity contribution in [1.29, 1.82) is 0 Å². The molecule has 3 aromatic rings. The smallest absolute Gasteiger partial charge is 0.265 e. The van der Waals surface area contributed by atoms with E-state index in [9.17, 15) is 4.79 Å². The molecule has 0 bridgehead atoms. The average molecular weight is 374 g/mol. The van der Waals surface area contributed by atoms with Crippen LogP contribution in [0.15, 0.2) is 34.7 Å². The lowest BCUT2D eigenvalue weighted by Gasteiger charge is -2.04. The Kier molecular flexibility index (Phi) is 5.68. The average Bonchev–Trinajstić information content (AvgIpc) is 3.25. The Balaban J connectivity index is 1.52. The summed E-state index contributed by atoms with van der Waals surface area (Å²) in [6.45, 7) is 5.09. The zero-order valence-electron chi connectivity index (χ0n) is 14.7. The van der Waals surface area contributed by atoms with Crippen molar-refractivity contribution in [3.8, 4) is 11.6 Å². The molecule has 0 aliphatic rings. The van der Waals surface area contributed by atoms with Crippen molar-refractivity contribution in [2.75, 3.05) is 0 Å². The molecule has 7 nitrogen and oxygen atoms in total. The van der Waals surface area contributed by atoms with E-state index in [0.717, 1.165) is 17.0 Å². The fraction of sp³-hybridized carbons (Fsp3) is 0.333. The molecule has 0 saturated heterocycles. The van der Waals surface area contributed by atoms with Gasteiger partial charge in [-0.2, -0.15) is 5.10 Å². The van der Waals surface area contributed by atoms with Crippen molar-refractivity contribution in [3.05, 3.63) is 52.5 Å². The lowest BCUT2D eigenvalue weighted by Crippen LogP contribution is -2.23. The van der Waals surface area contributed by atoms with E-state index in [1.165, 1.54) is 0 Å². The Bertz CT molecular complexity index is 885. The monoisotopic (exact) mass is 373 g/mol. The fourth-order valence-electron chi connectivity index (χ4n) is 2.53. The van der Waals surface area contributed by atoms with Gasteiger partial charge in [0.1, 0.15) is 5.69 Å². The van der Waals surface area contributed by atoms with Crippen LogP contribution in [0.25, 0.3) is 11.6 Å². The van der Waals surface area contributed by atoms with E-state index in [2.05, 4.69) is 20.6 Å². The first kappa shape index (κ1) is 18.1. The number of halogens is 1. The maximum Gasteiger partial charge on any atom is 0.265 e. The van der Waals surface area contributed by atoms with E-state index in [-0.39, 0.29) is 12.3 Å². The maximum atomic E-state index is 12.0. The number of hydrogen-bond acceptors (Lipinski definition) is 5. The van der Waals surface area contributed by atoms with Gasteiger partial charge in [0.15, 0.2) is 0 Å². The second-order valence-electron chi connectivity index (χ2n) is 5.89. The molecule has 0 atom stereocenters. The number of carbonyl (C=O) groups excluding carboxylic acids is 1. The molecular weight excluding hydrogens is 354 g/mol. The van der Waals surface area contributed by atoms with Gasteiger partial charge in [0.25, 0.3) is 5.89 Å². The highest BCUT2D eigenvalue weighted by Crippen LogP contribution is 2.19. The van der Waals surface area contributed by atoms with Crippen LogP contribution >= 0.6 is 11.6 Å². The second-order valence-corrected chi connectivity index (χ2v) is 6.33. The molecule has 136 valence electrons. The molecule has 0 aliphatic carbocycles. The van der Waals surface area contributed by atoms with Gasteiger partial charge in [-0.3, -0.25) is 9.48 Å². The molecule has 0 spiro atoms. The predicted molar refractivity (Wildman–Crippen MR) is 97.5 cm³/mol. The quantitative estimate of drug-likeness (QED) is 0.687. The summed E-state index contributed by atoms with van der Waals surface area (Å²) in [6, 6.07) is 9.26. The van der Waals surface area contributed by atoms with Crippen molar-refractivity contribution >= 4 is 17.5 Å². The van der Waals surface area contributed by atoms with Crippen LogP contribution in [0.4, 0.5) is 0 Å². The van der Waals surface area contributed by atoms with Gasteiger partial charge in [0, 0.05) is 31.0 Å². The normalized spacial score (nSPS) is 10.9. The molecule has 3 rings (SSSR count). The second kappa shape index (κ2) is 8.14. The van der Waals surface area contributed by atoms with Gasteiger partial charge in [0.2, 0.25) is 11.8 Å². The number of rotatable bonds is 7. The molecule has 0 radical (unpaired) electrons. The highest BCUT2D eigenvalue weighted by atomic mass is 35.5. The number of aryl methyl sites for hydroxylation is 3. The number of carbonyl (C=O) groups is 1. The SMILES string of the molecule is CCn1nc(C)cc1-c1nnc(CCC(=O)NCc2ccc(Cl)cc2)o1. The van der Waals surface area contributed by atoms with Crippen LogP contribution in [-0.4, -0.2) is 25.9 Å². The number of nitrogens with zero attached hydrogens (tertiary/aromatic N) is 4. The third-order valence-electron chi connectivity index (χ3n) is 3.86. The van der Waals surface area contributed by atoms with Crippen molar-refractivity contribution < 1.29 is 9.21 Å². The molecule has 8 heteroatoms. The first-order chi connectivity index (χ1) is 12.5. The molecule has 0 saturated carbocycles. The van der Waals surface area contributed by atoms with Gasteiger partial charge < -0.3 is 9.73 Å². The molecule has 2 heterocycles. The first-order valence-corrected chi connectivity index (χ1v) is 8.81. The highest BCUT2D eigenvalue weighted by molar-refractivity contribution is 6.30. The summed E-state index contributed by atoms with van der Waals surface area (Å²) in [5.41, 5.74) is 2.67. The van der Waals surface area contributed by atoms with Crippen LogP contribution in [-0.2, 0) is 24.3 Å². The molecule has 1 aromatic carbocycles.